The topological polar surface area (TPSA) is 107 Å². The van der Waals surface area contributed by atoms with Crippen LogP contribution in [-0.4, -0.2) is 49.8 Å². The first-order chi connectivity index (χ1) is 20.8. The van der Waals surface area contributed by atoms with Crippen LogP contribution in [0.4, 0.5) is 4.39 Å². The van der Waals surface area contributed by atoms with E-state index in [2.05, 4.69) is 4.98 Å². The molecule has 4 aromatic rings. The SMILES string of the molecule is CN(C)Cc1cc(O)ccc1-c1cccc(-n2c(=O)n(C3CCC(CC(=O)OC(C)(C)C)CC3)c(=O)c3cc(F)cnc32)c1. The Morgan fingerprint density at radius 1 is 1.07 bits per heavy atom. The molecule has 1 aliphatic rings. The van der Waals surface area contributed by atoms with Crippen LogP contribution in [0.2, 0.25) is 0 Å². The van der Waals surface area contributed by atoms with Crippen LogP contribution in [0.5, 0.6) is 5.75 Å². The molecule has 1 fully saturated rings. The minimum absolute atomic E-state index is 0.0174. The lowest BCUT2D eigenvalue weighted by Crippen LogP contribution is -2.43. The molecule has 0 atom stereocenters. The molecule has 2 heterocycles. The number of aromatic nitrogens is 3. The van der Waals surface area contributed by atoms with E-state index < -0.39 is 28.7 Å². The predicted molar refractivity (Wildman–Crippen MR) is 168 cm³/mol. The molecule has 0 unspecified atom stereocenters. The minimum atomic E-state index is -0.668. The quantitative estimate of drug-likeness (QED) is 0.275. The minimum Gasteiger partial charge on any atom is -0.508 e. The summed E-state index contributed by atoms with van der Waals surface area (Å²) in [6.07, 6.45) is 3.65. The highest BCUT2D eigenvalue weighted by Crippen LogP contribution is 2.34. The van der Waals surface area contributed by atoms with Crippen LogP contribution < -0.4 is 11.2 Å². The summed E-state index contributed by atoms with van der Waals surface area (Å²) in [5.74, 6) is -0.673. The number of benzene rings is 2. The van der Waals surface area contributed by atoms with Gasteiger partial charge in [0.15, 0.2) is 5.65 Å². The lowest BCUT2D eigenvalue weighted by molar-refractivity contribution is -0.156. The van der Waals surface area contributed by atoms with Crippen molar-refractivity contribution < 1.29 is 19.0 Å². The van der Waals surface area contributed by atoms with Crippen LogP contribution in [0.25, 0.3) is 27.8 Å². The first kappa shape index (κ1) is 31.1. The number of esters is 1. The summed E-state index contributed by atoms with van der Waals surface area (Å²) < 4.78 is 22.5. The molecule has 1 N–H and O–H groups in total. The number of rotatable bonds is 7. The number of hydrogen-bond donors (Lipinski definition) is 1. The van der Waals surface area contributed by atoms with Crippen LogP contribution in [-0.2, 0) is 16.1 Å². The van der Waals surface area contributed by atoms with Gasteiger partial charge in [0.25, 0.3) is 5.56 Å². The molecule has 10 heteroatoms. The van der Waals surface area contributed by atoms with Gasteiger partial charge < -0.3 is 14.7 Å². The fourth-order valence-corrected chi connectivity index (χ4v) is 6.11. The maximum Gasteiger partial charge on any atom is 0.337 e. The van der Waals surface area contributed by atoms with Gasteiger partial charge in [-0.1, -0.05) is 18.2 Å². The number of aromatic hydroxyl groups is 1. The van der Waals surface area contributed by atoms with Gasteiger partial charge in [-0.15, -0.1) is 0 Å². The third-order valence-corrected chi connectivity index (χ3v) is 7.94. The third-order valence-electron chi connectivity index (χ3n) is 7.94. The number of hydrogen-bond acceptors (Lipinski definition) is 7. The fourth-order valence-electron chi connectivity index (χ4n) is 6.11. The van der Waals surface area contributed by atoms with E-state index in [1.54, 1.807) is 18.2 Å². The number of pyridine rings is 1. The number of fused-ring (bicyclic) bond motifs is 1. The number of carbonyl (C=O) groups is 1. The average molecular weight is 603 g/mol. The van der Waals surface area contributed by atoms with Crippen molar-refractivity contribution in [1.82, 2.24) is 19.0 Å². The molecule has 2 aromatic heterocycles. The van der Waals surface area contributed by atoms with Crippen LogP contribution in [0.1, 0.15) is 64.5 Å². The summed E-state index contributed by atoms with van der Waals surface area (Å²) in [6, 6.07) is 13.2. The zero-order valence-corrected chi connectivity index (χ0v) is 25.8. The first-order valence-corrected chi connectivity index (χ1v) is 14.9. The largest absolute Gasteiger partial charge is 0.508 e. The van der Waals surface area contributed by atoms with Crippen molar-refractivity contribution in [3.05, 3.63) is 86.9 Å². The zero-order valence-electron chi connectivity index (χ0n) is 25.8. The van der Waals surface area contributed by atoms with Gasteiger partial charge in [0, 0.05) is 19.0 Å². The van der Waals surface area contributed by atoms with Gasteiger partial charge in [-0.3, -0.25) is 14.2 Å². The van der Waals surface area contributed by atoms with E-state index in [0.29, 0.717) is 37.9 Å². The maximum atomic E-state index is 14.4. The zero-order chi connectivity index (χ0) is 31.8. The molecule has 0 saturated heterocycles. The van der Waals surface area contributed by atoms with E-state index in [4.69, 9.17) is 4.74 Å². The Balaban J connectivity index is 1.55. The average Bonchev–Trinajstić information content (AvgIpc) is 2.93. The van der Waals surface area contributed by atoms with Crippen LogP contribution in [0.3, 0.4) is 0 Å². The molecule has 44 heavy (non-hydrogen) atoms. The second-order valence-corrected chi connectivity index (χ2v) is 12.9. The number of carbonyl (C=O) groups excluding carboxylic acids is 1. The Morgan fingerprint density at radius 3 is 2.48 bits per heavy atom. The molecule has 1 saturated carbocycles. The molecular weight excluding hydrogens is 563 g/mol. The number of nitrogens with zero attached hydrogens (tertiary/aromatic N) is 4. The van der Waals surface area contributed by atoms with Crippen molar-refractivity contribution in [2.45, 2.75) is 71.1 Å². The van der Waals surface area contributed by atoms with Crippen molar-refractivity contribution in [3.63, 3.8) is 0 Å². The maximum absolute atomic E-state index is 14.4. The highest BCUT2D eigenvalue weighted by Gasteiger charge is 2.29. The van der Waals surface area contributed by atoms with Gasteiger partial charge in [0.05, 0.1) is 17.3 Å². The van der Waals surface area contributed by atoms with Crippen LogP contribution in [0.15, 0.2) is 64.3 Å². The molecule has 0 bridgehead atoms. The van der Waals surface area contributed by atoms with Crippen LogP contribution in [0, 0.1) is 11.7 Å². The molecular formula is C34H39FN4O5. The van der Waals surface area contributed by atoms with E-state index in [1.165, 1.54) is 9.13 Å². The molecule has 2 aromatic carbocycles. The summed E-state index contributed by atoms with van der Waals surface area (Å²) >= 11 is 0. The lowest BCUT2D eigenvalue weighted by atomic mass is 9.84. The Morgan fingerprint density at radius 2 is 1.80 bits per heavy atom. The number of phenolic OH excluding ortho intramolecular Hbond substituents is 1. The van der Waals surface area contributed by atoms with Crippen molar-refractivity contribution >= 4 is 17.0 Å². The lowest BCUT2D eigenvalue weighted by Gasteiger charge is -2.30. The molecule has 0 amide bonds. The Labute approximate surface area is 255 Å². The van der Waals surface area contributed by atoms with E-state index in [-0.39, 0.29) is 35.1 Å². The van der Waals surface area contributed by atoms with E-state index in [0.717, 1.165) is 29.0 Å². The summed E-state index contributed by atoms with van der Waals surface area (Å²) in [5, 5.41) is 10.2. The summed E-state index contributed by atoms with van der Waals surface area (Å²) in [6.45, 7) is 6.08. The summed E-state index contributed by atoms with van der Waals surface area (Å²) in [7, 11) is 3.88. The van der Waals surface area contributed by atoms with E-state index >= 15 is 0 Å². The van der Waals surface area contributed by atoms with E-state index in [9.17, 15) is 23.9 Å². The van der Waals surface area contributed by atoms with Crippen LogP contribution >= 0.6 is 0 Å². The molecule has 9 nitrogen and oxygen atoms in total. The monoisotopic (exact) mass is 602 g/mol. The first-order valence-electron chi connectivity index (χ1n) is 14.9. The Kier molecular flexibility index (Phi) is 8.74. The number of ether oxygens (including phenoxy) is 1. The second-order valence-electron chi connectivity index (χ2n) is 12.9. The molecule has 0 aliphatic heterocycles. The summed E-state index contributed by atoms with van der Waals surface area (Å²) in [4.78, 5) is 46.5. The highest BCUT2D eigenvalue weighted by atomic mass is 19.1. The molecule has 0 radical (unpaired) electrons. The van der Waals surface area contributed by atoms with Gasteiger partial charge >= 0.3 is 11.7 Å². The number of phenols is 1. The Hall–Kier alpha value is -4.31. The van der Waals surface area contributed by atoms with Crippen molar-refractivity contribution in [1.29, 1.82) is 0 Å². The smallest absolute Gasteiger partial charge is 0.337 e. The second kappa shape index (κ2) is 12.4. The highest BCUT2D eigenvalue weighted by molar-refractivity contribution is 5.77. The van der Waals surface area contributed by atoms with Crippen molar-refractivity contribution in [2.75, 3.05) is 14.1 Å². The van der Waals surface area contributed by atoms with Gasteiger partial charge in [-0.05, 0) is 113 Å². The van der Waals surface area contributed by atoms with Gasteiger partial charge in [0.2, 0.25) is 0 Å². The van der Waals surface area contributed by atoms with Crippen molar-refractivity contribution in [2.24, 2.45) is 5.92 Å². The van der Waals surface area contributed by atoms with Gasteiger partial charge in [-0.2, -0.15) is 0 Å². The van der Waals surface area contributed by atoms with Gasteiger partial charge in [0.1, 0.15) is 17.2 Å². The third kappa shape index (κ3) is 6.75. The predicted octanol–water partition coefficient (Wildman–Crippen LogP) is 5.58. The summed E-state index contributed by atoms with van der Waals surface area (Å²) in [5.41, 5.74) is 1.46. The normalized spacial score (nSPS) is 17.2. The molecule has 232 valence electrons. The van der Waals surface area contributed by atoms with E-state index in [1.807, 2.05) is 64.0 Å². The molecule has 0 spiro atoms. The molecule has 5 rings (SSSR count). The Bertz CT molecular complexity index is 1810. The van der Waals surface area contributed by atoms with Gasteiger partial charge in [-0.25, -0.2) is 18.7 Å². The number of halogens is 1. The van der Waals surface area contributed by atoms with Crippen molar-refractivity contribution in [3.8, 4) is 22.6 Å². The fraction of sp³-hybridized carbons (Fsp3) is 0.412. The molecule has 1 aliphatic carbocycles. The standard InChI is InChI=1S/C34H39FN4O5/c1-34(2,3)44-30(41)15-21-9-11-25(12-10-21)39-32(42)29-18-24(35)19-36-31(29)38(33(39)43)26-8-6-7-22(16-26)28-14-13-27(40)17-23(28)20-37(4)5/h6-8,13-14,16-19,21,25,40H,9-12,15,20H2,1-5H3.